The smallest absolute Gasteiger partial charge is 0.418 e. The molecular formula is C24H23F3N2O. The molecule has 0 N–H and O–H groups in total. The molecule has 0 spiro atoms. The number of hydrazone groups is 1. The fraction of sp³-hybridized carbons (Fsp3) is 0.292. The van der Waals surface area contributed by atoms with Crippen LogP contribution in [0.3, 0.4) is 0 Å². The molecule has 2 aromatic rings. The minimum atomic E-state index is -4.48. The third-order valence-electron chi connectivity index (χ3n) is 5.63. The maximum Gasteiger partial charge on any atom is 0.418 e. The molecule has 2 aromatic carbocycles. The van der Waals surface area contributed by atoms with E-state index in [9.17, 15) is 13.2 Å². The molecule has 30 heavy (non-hydrogen) atoms. The predicted octanol–water partition coefficient (Wildman–Crippen LogP) is 6.49. The molecule has 0 atom stereocenters. The molecule has 1 heterocycles. The van der Waals surface area contributed by atoms with Gasteiger partial charge in [-0.15, -0.1) is 0 Å². The van der Waals surface area contributed by atoms with Crippen molar-refractivity contribution >= 4 is 11.4 Å². The Bertz CT molecular complexity index is 1040. The average molecular weight is 412 g/mol. The zero-order valence-corrected chi connectivity index (χ0v) is 17.0. The molecule has 6 heteroatoms. The van der Waals surface area contributed by atoms with Gasteiger partial charge in [0.25, 0.3) is 0 Å². The molecule has 1 aliphatic carbocycles. The first-order valence-corrected chi connectivity index (χ1v) is 9.98. The van der Waals surface area contributed by atoms with Gasteiger partial charge in [0.05, 0.1) is 29.8 Å². The minimum Gasteiger partial charge on any atom is -0.497 e. The van der Waals surface area contributed by atoms with E-state index < -0.39 is 11.7 Å². The van der Waals surface area contributed by atoms with E-state index in [0.29, 0.717) is 17.2 Å². The number of aryl methyl sites for hydroxylation is 1. The van der Waals surface area contributed by atoms with Crippen LogP contribution >= 0.6 is 0 Å². The first-order valence-electron chi connectivity index (χ1n) is 9.98. The molecule has 0 bridgehead atoms. The van der Waals surface area contributed by atoms with Gasteiger partial charge in [0.15, 0.2) is 0 Å². The molecule has 1 aliphatic heterocycles. The van der Waals surface area contributed by atoms with Crippen molar-refractivity contribution in [1.29, 1.82) is 0 Å². The Hall–Kier alpha value is -3.02. The predicted molar refractivity (Wildman–Crippen MR) is 113 cm³/mol. The molecule has 0 unspecified atom stereocenters. The standard InChI is InChI=1S/C24H23F3N2O/c1-4-16-12-17(14-18(13-16)30-3)23-20-9-7-8-19(20)15(2)29(28-23)22-11-6-5-10-21(22)24(25,26)27/h5-6,10-14H,2,4,7-9H2,1,3H3. The Morgan fingerprint density at radius 2 is 1.83 bits per heavy atom. The number of anilines is 1. The zero-order chi connectivity index (χ0) is 21.5. The van der Waals surface area contributed by atoms with Crippen LogP contribution in [-0.2, 0) is 12.6 Å². The summed E-state index contributed by atoms with van der Waals surface area (Å²) in [4.78, 5) is 0. The largest absolute Gasteiger partial charge is 0.497 e. The Kier molecular flexibility index (Phi) is 5.18. The van der Waals surface area contributed by atoms with E-state index in [0.717, 1.165) is 54.0 Å². The van der Waals surface area contributed by atoms with Crippen molar-refractivity contribution in [2.24, 2.45) is 5.10 Å². The number of hydrogen-bond acceptors (Lipinski definition) is 3. The second-order valence-electron chi connectivity index (χ2n) is 7.46. The summed E-state index contributed by atoms with van der Waals surface area (Å²) >= 11 is 0. The molecule has 156 valence electrons. The lowest BCUT2D eigenvalue weighted by atomic mass is 9.94. The number of rotatable bonds is 4. The second-order valence-corrected chi connectivity index (χ2v) is 7.46. The minimum absolute atomic E-state index is 0.00967. The Labute approximate surface area is 174 Å². The number of para-hydroxylation sites is 1. The van der Waals surface area contributed by atoms with Crippen LogP contribution in [0.25, 0.3) is 0 Å². The van der Waals surface area contributed by atoms with E-state index in [1.54, 1.807) is 13.2 Å². The van der Waals surface area contributed by atoms with Gasteiger partial charge in [0.2, 0.25) is 0 Å². The molecule has 3 nitrogen and oxygen atoms in total. The molecular weight excluding hydrogens is 389 g/mol. The van der Waals surface area contributed by atoms with Crippen molar-refractivity contribution in [3.8, 4) is 5.75 Å². The maximum atomic E-state index is 13.7. The number of ether oxygens (including phenoxy) is 1. The van der Waals surface area contributed by atoms with Crippen LogP contribution in [0.1, 0.15) is 42.9 Å². The lowest BCUT2D eigenvalue weighted by Gasteiger charge is -2.31. The molecule has 0 radical (unpaired) electrons. The molecule has 0 saturated carbocycles. The molecule has 0 aromatic heterocycles. The third-order valence-corrected chi connectivity index (χ3v) is 5.63. The summed E-state index contributed by atoms with van der Waals surface area (Å²) in [6.45, 7) is 6.15. The van der Waals surface area contributed by atoms with Gasteiger partial charge < -0.3 is 4.74 Å². The number of alkyl halides is 3. The number of halogens is 3. The van der Waals surface area contributed by atoms with Gasteiger partial charge in [-0.3, -0.25) is 0 Å². The summed E-state index contributed by atoms with van der Waals surface area (Å²) in [6, 6.07) is 11.4. The normalized spacial score (nSPS) is 16.6. The van der Waals surface area contributed by atoms with Crippen LogP contribution in [0, 0.1) is 0 Å². The molecule has 4 rings (SSSR count). The highest BCUT2D eigenvalue weighted by Crippen LogP contribution is 2.44. The lowest BCUT2D eigenvalue weighted by molar-refractivity contribution is -0.137. The van der Waals surface area contributed by atoms with Gasteiger partial charge in [-0.25, -0.2) is 5.01 Å². The summed E-state index contributed by atoms with van der Waals surface area (Å²) in [5.74, 6) is 0.707. The quantitative estimate of drug-likeness (QED) is 0.573. The summed E-state index contributed by atoms with van der Waals surface area (Å²) < 4.78 is 46.5. The van der Waals surface area contributed by atoms with E-state index >= 15 is 0 Å². The Morgan fingerprint density at radius 1 is 1.10 bits per heavy atom. The van der Waals surface area contributed by atoms with E-state index in [4.69, 9.17) is 9.84 Å². The van der Waals surface area contributed by atoms with E-state index in [-0.39, 0.29) is 5.69 Å². The summed E-state index contributed by atoms with van der Waals surface area (Å²) in [6.07, 6.45) is -1.12. The first kappa shape index (κ1) is 20.3. The Morgan fingerprint density at radius 3 is 2.53 bits per heavy atom. The molecule has 0 fully saturated rings. The van der Waals surface area contributed by atoms with E-state index in [1.807, 2.05) is 18.2 Å². The van der Waals surface area contributed by atoms with E-state index in [2.05, 4.69) is 13.5 Å². The van der Waals surface area contributed by atoms with Gasteiger partial charge in [-0.1, -0.05) is 25.6 Å². The fourth-order valence-electron chi connectivity index (χ4n) is 4.12. The number of methoxy groups -OCH3 is 1. The highest BCUT2D eigenvalue weighted by atomic mass is 19.4. The lowest BCUT2D eigenvalue weighted by Crippen LogP contribution is -2.27. The second kappa shape index (κ2) is 7.67. The Balaban J connectivity index is 1.90. The highest BCUT2D eigenvalue weighted by Gasteiger charge is 2.37. The van der Waals surface area contributed by atoms with Gasteiger partial charge in [0.1, 0.15) is 5.75 Å². The zero-order valence-electron chi connectivity index (χ0n) is 17.0. The fourth-order valence-corrected chi connectivity index (χ4v) is 4.12. The van der Waals surface area contributed by atoms with Gasteiger partial charge in [0, 0.05) is 5.56 Å². The molecule has 0 amide bonds. The van der Waals surface area contributed by atoms with Crippen LogP contribution < -0.4 is 9.75 Å². The van der Waals surface area contributed by atoms with Crippen molar-refractivity contribution < 1.29 is 17.9 Å². The van der Waals surface area contributed by atoms with Crippen molar-refractivity contribution in [2.45, 2.75) is 38.8 Å². The summed E-state index contributed by atoms with van der Waals surface area (Å²) in [5, 5.41) is 6.06. The van der Waals surface area contributed by atoms with Crippen LogP contribution in [0.2, 0.25) is 0 Å². The van der Waals surface area contributed by atoms with E-state index in [1.165, 1.54) is 17.1 Å². The van der Waals surface area contributed by atoms with Crippen molar-refractivity contribution in [2.75, 3.05) is 12.1 Å². The van der Waals surface area contributed by atoms with Crippen LogP contribution in [0.4, 0.5) is 18.9 Å². The highest BCUT2D eigenvalue weighted by molar-refractivity contribution is 6.15. The monoisotopic (exact) mass is 412 g/mol. The number of hydrogen-bond donors (Lipinski definition) is 0. The van der Waals surface area contributed by atoms with Crippen LogP contribution in [0.15, 0.2) is 71.0 Å². The molecule has 2 aliphatic rings. The SMILES string of the molecule is C=C1C2=C(CCC2)C(c2cc(CC)cc(OC)c2)=NN1c1ccccc1C(F)(F)F. The van der Waals surface area contributed by atoms with Gasteiger partial charge in [-0.2, -0.15) is 18.3 Å². The number of nitrogens with zero attached hydrogens (tertiary/aromatic N) is 2. The first-order chi connectivity index (χ1) is 14.3. The van der Waals surface area contributed by atoms with Crippen molar-refractivity contribution in [3.05, 3.63) is 82.6 Å². The number of allylic oxidation sites excluding steroid dienone is 2. The average Bonchev–Trinajstić information content (AvgIpc) is 3.23. The third kappa shape index (κ3) is 3.51. The van der Waals surface area contributed by atoms with Crippen molar-refractivity contribution in [1.82, 2.24) is 0 Å². The van der Waals surface area contributed by atoms with Gasteiger partial charge >= 0.3 is 6.18 Å². The molecule has 0 saturated heterocycles. The van der Waals surface area contributed by atoms with Gasteiger partial charge in [-0.05, 0) is 72.7 Å². The maximum absolute atomic E-state index is 13.7. The summed E-state index contributed by atoms with van der Waals surface area (Å²) in [5.41, 5.74) is 4.46. The topological polar surface area (TPSA) is 24.8 Å². The van der Waals surface area contributed by atoms with Crippen LogP contribution in [0.5, 0.6) is 5.75 Å². The summed E-state index contributed by atoms with van der Waals surface area (Å²) in [7, 11) is 1.61. The van der Waals surface area contributed by atoms with Crippen LogP contribution in [-0.4, -0.2) is 12.8 Å². The van der Waals surface area contributed by atoms with Crippen molar-refractivity contribution in [3.63, 3.8) is 0 Å². The number of benzene rings is 2.